The molecule has 0 bridgehead atoms. The molecule has 0 amide bonds. The van der Waals surface area contributed by atoms with E-state index in [4.69, 9.17) is 5.84 Å². The first-order valence-electron chi connectivity index (χ1n) is 4.70. The van der Waals surface area contributed by atoms with E-state index in [1.165, 1.54) is 0 Å². The first-order valence-corrected chi connectivity index (χ1v) is 6.37. The Balaban J connectivity index is 2.37. The second-order valence-electron chi connectivity index (χ2n) is 3.35. The number of nitrogens with two attached hydrogens (primary N) is 1. The molecule has 0 aliphatic heterocycles. The Labute approximate surface area is 106 Å². The van der Waals surface area contributed by atoms with Crippen LogP contribution in [0.2, 0.25) is 0 Å². The van der Waals surface area contributed by atoms with Gasteiger partial charge in [-0.15, -0.1) is 11.3 Å². The van der Waals surface area contributed by atoms with Crippen molar-refractivity contribution in [1.82, 2.24) is 15.4 Å². The Kier molecular flexibility index (Phi) is 3.65. The third kappa shape index (κ3) is 2.30. The summed E-state index contributed by atoms with van der Waals surface area (Å²) in [7, 11) is 0. The van der Waals surface area contributed by atoms with Crippen molar-refractivity contribution >= 4 is 27.3 Å². The van der Waals surface area contributed by atoms with Gasteiger partial charge in [0, 0.05) is 21.7 Å². The van der Waals surface area contributed by atoms with Crippen LogP contribution in [-0.2, 0) is 0 Å². The van der Waals surface area contributed by atoms with E-state index >= 15 is 0 Å². The molecule has 3 N–H and O–H groups in total. The quantitative estimate of drug-likeness (QED) is 0.673. The van der Waals surface area contributed by atoms with Crippen LogP contribution < -0.4 is 11.3 Å². The number of nitrogens with zero attached hydrogens (tertiary/aromatic N) is 2. The minimum Gasteiger partial charge on any atom is -0.270 e. The van der Waals surface area contributed by atoms with Crippen molar-refractivity contribution in [3.63, 3.8) is 0 Å². The summed E-state index contributed by atoms with van der Waals surface area (Å²) in [5.41, 5.74) is 3.77. The van der Waals surface area contributed by atoms with Crippen LogP contribution in [0.15, 0.2) is 28.3 Å². The molecule has 6 heteroatoms. The highest BCUT2D eigenvalue weighted by Gasteiger charge is 2.18. The SMILES string of the molecule is Cc1cnc(C(NN)c2sccc2Br)nc1. The maximum atomic E-state index is 5.56. The van der Waals surface area contributed by atoms with Gasteiger partial charge in [-0.3, -0.25) is 5.84 Å². The fourth-order valence-corrected chi connectivity index (χ4v) is 2.99. The highest BCUT2D eigenvalue weighted by molar-refractivity contribution is 9.10. The van der Waals surface area contributed by atoms with Crippen LogP contribution in [0.25, 0.3) is 0 Å². The largest absolute Gasteiger partial charge is 0.270 e. The standard InChI is InChI=1S/C10H11BrN4S/c1-6-4-13-10(14-5-6)8(15-12)9-7(11)2-3-16-9/h2-5,8,15H,12H2,1H3. The minimum absolute atomic E-state index is 0.171. The zero-order valence-corrected chi connectivity index (χ0v) is 11.0. The molecule has 0 aliphatic rings. The molecule has 0 spiro atoms. The monoisotopic (exact) mass is 298 g/mol. The number of hydrogen-bond acceptors (Lipinski definition) is 5. The van der Waals surface area contributed by atoms with Gasteiger partial charge in [-0.05, 0) is 39.9 Å². The van der Waals surface area contributed by atoms with E-state index in [1.807, 2.05) is 18.4 Å². The van der Waals surface area contributed by atoms with Crippen molar-refractivity contribution in [3.05, 3.63) is 44.6 Å². The van der Waals surface area contributed by atoms with Crippen LogP contribution in [0.3, 0.4) is 0 Å². The molecule has 2 aromatic rings. The molecule has 2 heterocycles. The minimum atomic E-state index is -0.171. The zero-order chi connectivity index (χ0) is 11.5. The fourth-order valence-electron chi connectivity index (χ4n) is 1.33. The van der Waals surface area contributed by atoms with Gasteiger partial charge >= 0.3 is 0 Å². The molecular formula is C10H11BrN4S. The molecule has 0 radical (unpaired) electrons. The summed E-state index contributed by atoms with van der Waals surface area (Å²) >= 11 is 5.09. The molecule has 0 saturated heterocycles. The molecule has 1 atom stereocenters. The molecule has 2 rings (SSSR count). The fraction of sp³-hybridized carbons (Fsp3) is 0.200. The average molecular weight is 299 g/mol. The van der Waals surface area contributed by atoms with Crippen LogP contribution >= 0.6 is 27.3 Å². The van der Waals surface area contributed by atoms with Crippen molar-refractivity contribution in [2.45, 2.75) is 13.0 Å². The van der Waals surface area contributed by atoms with Gasteiger partial charge in [0.1, 0.15) is 6.04 Å². The Hall–Kier alpha value is -0.820. The Morgan fingerprint density at radius 3 is 2.62 bits per heavy atom. The number of halogens is 1. The predicted octanol–water partition coefficient (Wildman–Crippen LogP) is 2.16. The molecule has 1 unspecified atom stereocenters. The summed E-state index contributed by atoms with van der Waals surface area (Å²) in [5, 5.41) is 2.00. The molecule has 4 nitrogen and oxygen atoms in total. The number of aryl methyl sites for hydroxylation is 1. The third-order valence-electron chi connectivity index (χ3n) is 2.13. The van der Waals surface area contributed by atoms with Crippen LogP contribution in [-0.4, -0.2) is 9.97 Å². The number of hydrogen-bond donors (Lipinski definition) is 2. The summed E-state index contributed by atoms with van der Waals surface area (Å²) in [6, 6.07) is 1.81. The Morgan fingerprint density at radius 1 is 1.44 bits per heavy atom. The van der Waals surface area contributed by atoms with Gasteiger partial charge in [-0.25, -0.2) is 15.4 Å². The first kappa shape index (κ1) is 11.7. The van der Waals surface area contributed by atoms with Crippen molar-refractivity contribution < 1.29 is 0 Å². The van der Waals surface area contributed by atoms with Crippen LogP contribution in [0.4, 0.5) is 0 Å². The van der Waals surface area contributed by atoms with E-state index in [0.29, 0.717) is 5.82 Å². The van der Waals surface area contributed by atoms with Crippen molar-refractivity contribution in [3.8, 4) is 0 Å². The van der Waals surface area contributed by atoms with Gasteiger partial charge in [0.05, 0.1) is 0 Å². The van der Waals surface area contributed by atoms with Gasteiger partial charge in [-0.2, -0.15) is 0 Å². The van der Waals surface area contributed by atoms with E-state index in [1.54, 1.807) is 23.7 Å². The first-order chi connectivity index (χ1) is 7.72. The van der Waals surface area contributed by atoms with Crippen molar-refractivity contribution in [1.29, 1.82) is 0 Å². The maximum Gasteiger partial charge on any atom is 0.151 e. The van der Waals surface area contributed by atoms with E-state index in [9.17, 15) is 0 Å². The molecular weight excluding hydrogens is 288 g/mol. The van der Waals surface area contributed by atoms with Crippen LogP contribution in [0.1, 0.15) is 22.3 Å². The summed E-state index contributed by atoms with van der Waals surface area (Å²) < 4.78 is 1.02. The molecule has 0 fully saturated rings. The number of nitrogens with one attached hydrogen (secondary N) is 1. The smallest absolute Gasteiger partial charge is 0.151 e. The highest BCUT2D eigenvalue weighted by atomic mass is 79.9. The lowest BCUT2D eigenvalue weighted by Crippen LogP contribution is -2.29. The highest BCUT2D eigenvalue weighted by Crippen LogP contribution is 2.31. The normalized spacial score (nSPS) is 12.7. The average Bonchev–Trinajstić information content (AvgIpc) is 2.69. The Morgan fingerprint density at radius 2 is 2.12 bits per heavy atom. The van der Waals surface area contributed by atoms with E-state index < -0.39 is 0 Å². The number of hydrazine groups is 1. The number of aromatic nitrogens is 2. The summed E-state index contributed by atoms with van der Waals surface area (Å²) in [6.45, 7) is 1.95. The third-order valence-corrected chi connectivity index (χ3v) is 4.07. The molecule has 16 heavy (non-hydrogen) atoms. The second-order valence-corrected chi connectivity index (χ2v) is 5.15. The maximum absolute atomic E-state index is 5.56. The van der Waals surface area contributed by atoms with Crippen LogP contribution in [0.5, 0.6) is 0 Å². The number of rotatable bonds is 3. The Bertz CT molecular complexity index is 468. The van der Waals surface area contributed by atoms with Gasteiger partial charge in [-0.1, -0.05) is 0 Å². The molecule has 84 valence electrons. The van der Waals surface area contributed by atoms with Crippen molar-refractivity contribution in [2.24, 2.45) is 5.84 Å². The lowest BCUT2D eigenvalue weighted by molar-refractivity contribution is 0.607. The zero-order valence-electron chi connectivity index (χ0n) is 8.64. The summed E-state index contributed by atoms with van der Waals surface area (Å²) in [5.74, 6) is 6.24. The molecule has 0 aromatic carbocycles. The van der Waals surface area contributed by atoms with Crippen LogP contribution in [0, 0.1) is 6.92 Å². The van der Waals surface area contributed by atoms with E-state index in [2.05, 4.69) is 31.3 Å². The van der Waals surface area contributed by atoms with Crippen molar-refractivity contribution in [2.75, 3.05) is 0 Å². The summed E-state index contributed by atoms with van der Waals surface area (Å²) in [6.07, 6.45) is 3.57. The van der Waals surface area contributed by atoms with E-state index in [0.717, 1.165) is 14.9 Å². The molecule has 0 aliphatic carbocycles. The van der Waals surface area contributed by atoms with Gasteiger partial charge in [0.25, 0.3) is 0 Å². The van der Waals surface area contributed by atoms with Gasteiger partial charge in [0.2, 0.25) is 0 Å². The summed E-state index contributed by atoms with van der Waals surface area (Å²) in [4.78, 5) is 9.63. The lowest BCUT2D eigenvalue weighted by Gasteiger charge is -2.13. The number of thiophene rings is 1. The lowest BCUT2D eigenvalue weighted by atomic mass is 10.2. The second kappa shape index (κ2) is 5.01. The predicted molar refractivity (Wildman–Crippen MR) is 68.0 cm³/mol. The topological polar surface area (TPSA) is 63.8 Å². The molecule has 2 aromatic heterocycles. The van der Waals surface area contributed by atoms with Gasteiger partial charge < -0.3 is 0 Å². The van der Waals surface area contributed by atoms with Gasteiger partial charge in [0.15, 0.2) is 5.82 Å². The van der Waals surface area contributed by atoms with E-state index in [-0.39, 0.29) is 6.04 Å². The molecule has 0 saturated carbocycles.